The SMILES string of the molecule is NC(=O)C1CCCCN1S(=O)(=O)c1ccccc1C(=O)O. The Hall–Kier alpha value is -1.93. The lowest BCUT2D eigenvalue weighted by molar-refractivity contribution is -0.122. The van der Waals surface area contributed by atoms with E-state index in [4.69, 9.17) is 10.8 Å². The van der Waals surface area contributed by atoms with E-state index in [1.54, 1.807) is 0 Å². The van der Waals surface area contributed by atoms with Crippen molar-refractivity contribution >= 4 is 21.9 Å². The van der Waals surface area contributed by atoms with Gasteiger partial charge in [0.1, 0.15) is 6.04 Å². The second kappa shape index (κ2) is 5.82. The maximum absolute atomic E-state index is 12.7. The van der Waals surface area contributed by atoms with Crippen LogP contribution in [0.1, 0.15) is 29.6 Å². The summed E-state index contributed by atoms with van der Waals surface area (Å²) >= 11 is 0. The highest BCUT2D eigenvalue weighted by Crippen LogP contribution is 2.27. The molecule has 0 spiro atoms. The summed E-state index contributed by atoms with van der Waals surface area (Å²) in [5, 5.41) is 9.13. The van der Waals surface area contributed by atoms with Crippen LogP contribution in [0.25, 0.3) is 0 Å². The number of aromatic carboxylic acids is 1. The number of nitrogens with two attached hydrogens (primary N) is 1. The Balaban J connectivity index is 2.51. The number of sulfonamides is 1. The summed E-state index contributed by atoms with van der Waals surface area (Å²) < 4.78 is 26.4. The number of amides is 1. The smallest absolute Gasteiger partial charge is 0.337 e. The number of carboxylic acids is 1. The molecule has 7 nitrogen and oxygen atoms in total. The van der Waals surface area contributed by atoms with Crippen LogP contribution in [0.4, 0.5) is 0 Å². The second-order valence-corrected chi connectivity index (χ2v) is 6.69. The molecule has 2 rings (SSSR count). The molecule has 3 N–H and O–H groups in total. The van der Waals surface area contributed by atoms with Crippen LogP contribution in [-0.2, 0) is 14.8 Å². The van der Waals surface area contributed by atoms with Crippen LogP contribution in [0.15, 0.2) is 29.2 Å². The van der Waals surface area contributed by atoms with Crippen LogP contribution in [0, 0.1) is 0 Å². The third kappa shape index (κ3) is 2.91. The number of carboxylic acid groups (broad SMARTS) is 1. The van der Waals surface area contributed by atoms with Gasteiger partial charge in [-0.3, -0.25) is 4.79 Å². The highest BCUT2D eigenvalue weighted by Gasteiger charge is 2.38. The van der Waals surface area contributed by atoms with Crippen molar-refractivity contribution in [3.63, 3.8) is 0 Å². The Morgan fingerprint density at radius 1 is 1.24 bits per heavy atom. The first-order chi connectivity index (χ1) is 9.85. The summed E-state index contributed by atoms with van der Waals surface area (Å²) in [6.45, 7) is 0.157. The Morgan fingerprint density at radius 2 is 1.90 bits per heavy atom. The highest BCUT2D eigenvalue weighted by molar-refractivity contribution is 7.89. The molecule has 0 aliphatic carbocycles. The molecule has 0 saturated carbocycles. The molecule has 1 unspecified atom stereocenters. The Bertz CT molecular complexity index is 671. The fraction of sp³-hybridized carbons (Fsp3) is 0.385. The molecule has 1 amide bonds. The lowest BCUT2D eigenvalue weighted by atomic mass is 10.0. The molecule has 1 fully saturated rings. The zero-order valence-electron chi connectivity index (χ0n) is 11.2. The number of piperidine rings is 1. The first-order valence-electron chi connectivity index (χ1n) is 6.49. The average Bonchev–Trinajstić information content (AvgIpc) is 2.47. The van der Waals surface area contributed by atoms with E-state index in [0.717, 1.165) is 4.31 Å². The summed E-state index contributed by atoms with van der Waals surface area (Å²) in [4.78, 5) is 22.3. The van der Waals surface area contributed by atoms with Crippen molar-refractivity contribution in [1.29, 1.82) is 0 Å². The average molecular weight is 312 g/mol. The number of carbonyl (C=O) groups is 2. The van der Waals surface area contributed by atoms with Gasteiger partial charge in [-0.2, -0.15) is 4.31 Å². The van der Waals surface area contributed by atoms with Crippen molar-refractivity contribution < 1.29 is 23.1 Å². The molecule has 0 aromatic heterocycles. The van der Waals surface area contributed by atoms with Gasteiger partial charge in [0.05, 0.1) is 10.5 Å². The van der Waals surface area contributed by atoms with Crippen molar-refractivity contribution in [2.24, 2.45) is 5.73 Å². The molecule has 1 atom stereocenters. The van der Waals surface area contributed by atoms with Gasteiger partial charge in [0, 0.05) is 6.54 Å². The van der Waals surface area contributed by atoms with E-state index in [1.807, 2.05) is 0 Å². The van der Waals surface area contributed by atoms with Gasteiger partial charge in [0.25, 0.3) is 0 Å². The van der Waals surface area contributed by atoms with E-state index in [2.05, 4.69) is 0 Å². The molecule has 1 aliphatic rings. The zero-order valence-corrected chi connectivity index (χ0v) is 12.0. The van der Waals surface area contributed by atoms with Crippen LogP contribution in [-0.4, -0.2) is 42.3 Å². The number of hydrogen-bond donors (Lipinski definition) is 2. The van der Waals surface area contributed by atoms with Crippen molar-refractivity contribution in [3.05, 3.63) is 29.8 Å². The highest BCUT2D eigenvalue weighted by atomic mass is 32.2. The molecular formula is C13H16N2O5S. The zero-order chi connectivity index (χ0) is 15.6. The van der Waals surface area contributed by atoms with Crippen molar-refractivity contribution in [1.82, 2.24) is 4.31 Å². The molecule has 114 valence electrons. The summed E-state index contributed by atoms with van der Waals surface area (Å²) in [5.41, 5.74) is 4.96. The third-order valence-electron chi connectivity index (χ3n) is 3.49. The Morgan fingerprint density at radius 3 is 2.52 bits per heavy atom. The largest absolute Gasteiger partial charge is 0.478 e. The Labute approximate surface area is 122 Å². The number of primary amides is 1. The number of benzene rings is 1. The van der Waals surface area contributed by atoms with Crippen LogP contribution in [0.2, 0.25) is 0 Å². The normalized spacial score (nSPS) is 20.1. The maximum Gasteiger partial charge on any atom is 0.337 e. The molecule has 1 aromatic carbocycles. The number of rotatable bonds is 4. The van der Waals surface area contributed by atoms with E-state index in [1.165, 1.54) is 24.3 Å². The van der Waals surface area contributed by atoms with Crippen molar-refractivity contribution in [3.8, 4) is 0 Å². The number of hydrogen-bond acceptors (Lipinski definition) is 4. The van der Waals surface area contributed by atoms with Crippen LogP contribution in [0.5, 0.6) is 0 Å². The van der Waals surface area contributed by atoms with Gasteiger partial charge in [0.15, 0.2) is 0 Å². The fourth-order valence-corrected chi connectivity index (χ4v) is 4.32. The minimum atomic E-state index is -4.08. The predicted octanol–water partition coefficient (Wildman–Crippen LogP) is 0.413. The van der Waals surface area contributed by atoms with Gasteiger partial charge in [0.2, 0.25) is 15.9 Å². The van der Waals surface area contributed by atoms with Gasteiger partial charge in [-0.1, -0.05) is 18.6 Å². The molecule has 1 heterocycles. The van der Waals surface area contributed by atoms with E-state index in [-0.39, 0.29) is 17.0 Å². The number of nitrogens with zero attached hydrogens (tertiary/aromatic N) is 1. The van der Waals surface area contributed by atoms with Gasteiger partial charge in [-0.05, 0) is 25.0 Å². The fourth-order valence-electron chi connectivity index (χ4n) is 2.47. The van der Waals surface area contributed by atoms with Crippen LogP contribution in [0.3, 0.4) is 0 Å². The quantitative estimate of drug-likeness (QED) is 0.835. The molecule has 1 saturated heterocycles. The first-order valence-corrected chi connectivity index (χ1v) is 7.93. The lowest BCUT2D eigenvalue weighted by Crippen LogP contribution is -2.50. The molecule has 8 heteroatoms. The monoisotopic (exact) mass is 312 g/mol. The van der Waals surface area contributed by atoms with Gasteiger partial charge >= 0.3 is 5.97 Å². The summed E-state index contributed by atoms with van der Waals surface area (Å²) in [6.07, 6.45) is 1.67. The first kappa shape index (κ1) is 15.5. The van der Waals surface area contributed by atoms with Crippen molar-refractivity contribution in [2.75, 3.05) is 6.54 Å². The minimum absolute atomic E-state index is 0.157. The molecule has 0 radical (unpaired) electrons. The van der Waals surface area contributed by atoms with Gasteiger partial charge in [-0.15, -0.1) is 0 Å². The van der Waals surface area contributed by atoms with E-state index < -0.39 is 27.9 Å². The summed E-state index contributed by atoms with van der Waals surface area (Å²) in [7, 11) is -4.08. The van der Waals surface area contributed by atoms with Crippen molar-refractivity contribution in [2.45, 2.75) is 30.2 Å². The van der Waals surface area contributed by atoms with Gasteiger partial charge in [-0.25, -0.2) is 13.2 Å². The minimum Gasteiger partial charge on any atom is -0.478 e. The summed E-state index contributed by atoms with van der Waals surface area (Å²) in [5.74, 6) is -2.05. The molecule has 0 bridgehead atoms. The molecule has 21 heavy (non-hydrogen) atoms. The van der Waals surface area contributed by atoms with Crippen LogP contribution >= 0.6 is 0 Å². The third-order valence-corrected chi connectivity index (χ3v) is 5.45. The van der Waals surface area contributed by atoms with E-state index >= 15 is 0 Å². The maximum atomic E-state index is 12.7. The standard InChI is InChI=1S/C13H16N2O5S/c14-12(16)10-6-3-4-8-15(10)21(19,20)11-7-2-1-5-9(11)13(17)18/h1-2,5,7,10H,3-4,6,8H2,(H2,14,16)(H,17,18). The van der Waals surface area contributed by atoms with Gasteiger partial charge < -0.3 is 10.8 Å². The van der Waals surface area contributed by atoms with E-state index in [9.17, 15) is 18.0 Å². The number of carbonyl (C=O) groups excluding carboxylic acids is 1. The lowest BCUT2D eigenvalue weighted by Gasteiger charge is -2.32. The summed E-state index contributed by atoms with van der Waals surface area (Å²) in [6, 6.07) is 4.42. The molecule has 1 aromatic rings. The Kier molecular flexibility index (Phi) is 4.29. The second-order valence-electron chi connectivity index (χ2n) is 4.83. The van der Waals surface area contributed by atoms with E-state index in [0.29, 0.717) is 19.3 Å². The topological polar surface area (TPSA) is 118 Å². The molecule has 1 aliphatic heterocycles. The molecular weight excluding hydrogens is 296 g/mol. The predicted molar refractivity (Wildman–Crippen MR) is 74.1 cm³/mol. The van der Waals surface area contributed by atoms with Crippen LogP contribution < -0.4 is 5.73 Å².